The predicted octanol–water partition coefficient (Wildman–Crippen LogP) is 9.68. The molecule has 0 unspecified atom stereocenters. The maximum atomic E-state index is 11.7. The van der Waals surface area contributed by atoms with Gasteiger partial charge < -0.3 is 9.16 Å². The first-order valence-corrected chi connectivity index (χ1v) is 16.7. The first-order chi connectivity index (χ1) is 17.6. The Kier molecular flexibility index (Phi) is 18.7. The van der Waals surface area contributed by atoms with Crippen molar-refractivity contribution in [3.63, 3.8) is 0 Å². The van der Waals surface area contributed by atoms with Gasteiger partial charge in [0, 0.05) is 12.8 Å². The van der Waals surface area contributed by atoms with Crippen molar-refractivity contribution in [1.82, 2.24) is 0 Å². The molecule has 0 heterocycles. The van der Waals surface area contributed by atoms with Crippen LogP contribution in [0.25, 0.3) is 0 Å². The van der Waals surface area contributed by atoms with Crippen molar-refractivity contribution >= 4 is 14.3 Å². The summed E-state index contributed by atoms with van der Waals surface area (Å²) in [4.78, 5) is 11.7. The van der Waals surface area contributed by atoms with Crippen molar-refractivity contribution < 1.29 is 14.0 Å². The number of hydrogen-bond donors (Lipinski definition) is 0. The maximum absolute atomic E-state index is 11.7. The summed E-state index contributed by atoms with van der Waals surface area (Å²) < 4.78 is 12.7. The van der Waals surface area contributed by atoms with Gasteiger partial charge in [-0.1, -0.05) is 133 Å². The molecule has 208 valence electrons. The van der Waals surface area contributed by atoms with Gasteiger partial charge in [0.2, 0.25) is 0 Å². The topological polar surface area (TPSA) is 35.5 Å². The number of unbranched alkanes of at least 4 members (excludes halogenated alkanes) is 1. The van der Waals surface area contributed by atoms with Gasteiger partial charge in [0.25, 0.3) is 0 Å². The zero-order valence-electron chi connectivity index (χ0n) is 25.1. The highest BCUT2D eigenvalue weighted by atomic mass is 28.4. The normalized spacial score (nSPS) is 16.5. The second kappa shape index (κ2) is 19.9. The van der Waals surface area contributed by atoms with E-state index >= 15 is 0 Å². The van der Waals surface area contributed by atoms with Gasteiger partial charge >= 0.3 is 5.97 Å². The van der Waals surface area contributed by atoms with Gasteiger partial charge in [0.15, 0.2) is 8.32 Å². The molecule has 0 saturated carbocycles. The SMILES string of the molecule is CCC/C=C/C=C/C=C/C=C/C=C/C=C/C=C/[C@H](C)[C@@H](O[Si](CC)(CC)CC)[C@@H](C)C(C)(C)OC(C)=O. The molecule has 0 aliphatic rings. The lowest BCUT2D eigenvalue weighted by Gasteiger charge is -2.43. The Morgan fingerprint density at radius 1 is 0.757 bits per heavy atom. The predicted molar refractivity (Wildman–Crippen MR) is 165 cm³/mol. The third-order valence-electron chi connectivity index (χ3n) is 7.06. The monoisotopic (exact) mass is 526 g/mol. The first-order valence-electron chi connectivity index (χ1n) is 14.1. The molecule has 0 fully saturated rings. The molecule has 0 N–H and O–H groups in total. The van der Waals surface area contributed by atoms with E-state index in [1.54, 1.807) is 0 Å². The number of rotatable bonds is 18. The summed E-state index contributed by atoms with van der Waals surface area (Å²) in [7, 11) is -1.84. The fourth-order valence-electron chi connectivity index (χ4n) is 4.14. The number of allylic oxidation sites excluding steroid dienone is 13. The van der Waals surface area contributed by atoms with Crippen LogP contribution in [-0.2, 0) is 14.0 Å². The molecular formula is C33H54O3Si. The molecule has 37 heavy (non-hydrogen) atoms. The molecule has 4 heteroatoms. The van der Waals surface area contributed by atoms with Crippen LogP contribution >= 0.6 is 0 Å². The Labute approximate surface area is 229 Å². The van der Waals surface area contributed by atoms with Gasteiger partial charge in [-0.3, -0.25) is 4.79 Å². The summed E-state index contributed by atoms with van der Waals surface area (Å²) in [5, 5.41) is 0. The Balaban J connectivity index is 5.21. The second-order valence-electron chi connectivity index (χ2n) is 10.2. The fourth-order valence-corrected chi connectivity index (χ4v) is 7.14. The van der Waals surface area contributed by atoms with Gasteiger partial charge in [0.05, 0.1) is 6.10 Å². The fraction of sp³-hybridized carbons (Fsp3) is 0.545. The minimum absolute atomic E-state index is 0.0213. The van der Waals surface area contributed by atoms with Crippen molar-refractivity contribution in [1.29, 1.82) is 0 Å². The van der Waals surface area contributed by atoms with Crippen molar-refractivity contribution in [3.05, 3.63) is 85.1 Å². The van der Waals surface area contributed by atoms with Crippen LogP contribution in [0.2, 0.25) is 18.1 Å². The molecule has 3 nitrogen and oxygen atoms in total. The van der Waals surface area contributed by atoms with E-state index in [0.717, 1.165) is 24.6 Å². The van der Waals surface area contributed by atoms with Gasteiger partial charge in [-0.25, -0.2) is 0 Å². The van der Waals surface area contributed by atoms with Crippen molar-refractivity contribution in [2.24, 2.45) is 11.8 Å². The lowest BCUT2D eigenvalue weighted by Crippen LogP contribution is -2.50. The standard InChI is InChI=1S/C33H54O3Si/c1-10-14-15-16-17-18-19-20-21-22-23-24-25-26-27-28-29(5)32(36-37(11-2,12-3)13-4)30(6)33(8,9)35-31(7)34/h15-30,32H,10-14H2,1-9H3/b16-15+,18-17+,20-19+,22-21+,24-23+,26-25+,28-27+/t29-,30+,32+/m0/s1. The first kappa shape index (κ1) is 34.8. The van der Waals surface area contributed by atoms with Crippen LogP contribution in [0.15, 0.2) is 85.1 Å². The quantitative estimate of drug-likeness (QED) is 0.101. The van der Waals surface area contributed by atoms with E-state index in [2.05, 4.69) is 71.9 Å². The molecule has 0 aliphatic carbocycles. The molecule has 0 bridgehead atoms. The number of carbonyl (C=O) groups excluding carboxylic acids is 1. The van der Waals surface area contributed by atoms with E-state index < -0.39 is 13.9 Å². The number of hydrogen-bond acceptors (Lipinski definition) is 3. The van der Waals surface area contributed by atoms with Crippen LogP contribution in [0.3, 0.4) is 0 Å². The molecule has 0 spiro atoms. The molecule has 3 atom stereocenters. The minimum Gasteiger partial charge on any atom is -0.459 e. The van der Waals surface area contributed by atoms with E-state index in [9.17, 15) is 4.79 Å². The molecule has 0 rings (SSSR count). The van der Waals surface area contributed by atoms with E-state index in [0.29, 0.717) is 0 Å². The van der Waals surface area contributed by atoms with Crippen molar-refractivity contribution in [3.8, 4) is 0 Å². The lowest BCUT2D eigenvalue weighted by atomic mass is 9.82. The second-order valence-corrected chi connectivity index (χ2v) is 14.9. The van der Waals surface area contributed by atoms with Crippen molar-refractivity contribution in [2.45, 2.75) is 105 Å². The van der Waals surface area contributed by atoms with Crippen LogP contribution < -0.4 is 0 Å². The van der Waals surface area contributed by atoms with Crippen LogP contribution in [0.5, 0.6) is 0 Å². The third kappa shape index (κ3) is 15.0. The Morgan fingerprint density at radius 2 is 1.19 bits per heavy atom. The van der Waals surface area contributed by atoms with Gasteiger partial charge in [-0.05, 0) is 44.3 Å². The molecular weight excluding hydrogens is 472 g/mol. The summed E-state index contributed by atoms with van der Waals surface area (Å²) in [5.74, 6) is -0.0131. The van der Waals surface area contributed by atoms with Crippen LogP contribution in [0.4, 0.5) is 0 Å². The van der Waals surface area contributed by atoms with Gasteiger partial charge in [-0.2, -0.15) is 0 Å². The molecule has 0 aliphatic heterocycles. The average molecular weight is 527 g/mol. The summed E-state index contributed by atoms with van der Waals surface area (Å²) in [5.41, 5.74) is -0.602. The summed E-state index contributed by atoms with van der Waals surface area (Å²) in [6.07, 6.45) is 31.1. The van der Waals surface area contributed by atoms with Crippen LogP contribution in [0.1, 0.15) is 75.2 Å². The lowest BCUT2D eigenvalue weighted by molar-refractivity contribution is -0.162. The summed E-state index contributed by atoms with van der Waals surface area (Å²) >= 11 is 0. The molecule has 0 aromatic rings. The third-order valence-corrected chi connectivity index (χ3v) is 11.7. The molecule has 0 saturated heterocycles. The Morgan fingerprint density at radius 3 is 1.59 bits per heavy atom. The van der Waals surface area contributed by atoms with Gasteiger partial charge in [0.1, 0.15) is 5.60 Å². The Bertz CT molecular complexity index is 814. The number of esters is 1. The number of ether oxygens (including phenoxy) is 1. The largest absolute Gasteiger partial charge is 0.459 e. The molecule has 0 radical (unpaired) electrons. The maximum Gasteiger partial charge on any atom is 0.303 e. The van der Waals surface area contributed by atoms with E-state index in [1.807, 2.05) is 68.5 Å². The molecule has 0 amide bonds. The van der Waals surface area contributed by atoms with Gasteiger partial charge in [-0.15, -0.1) is 0 Å². The zero-order valence-corrected chi connectivity index (χ0v) is 26.1. The Hall–Kier alpha value is -2.17. The minimum atomic E-state index is -1.84. The molecule has 0 aromatic heterocycles. The zero-order chi connectivity index (χ0) is 28.2. The smallest absolute Gasteiger partial charge is 0.303 e. The highest BCUT2D eigenvalue weighted by Crippen LogP contribution is 2.35. The number of carbonyl (C=O) groups is 1. The van der Waals surface area contributed by atoms with E-state index in [-0.39, 0.29) is 23.9 Å². The average Bonchev–Trinajstić information content (AvgIpc) is 2.86. The molecule has 0 aromatic carbocycles. The van der Waals surface area contributed by atoms with Crippen LogP contribution in [-0.4, -0.2) is 26.0 Å². The van der Waals surface area contributed by atoms with Crippen LogP contribution in [0, 0.1) is 11.8 Å². The van der Waals surface area contributed by atoms with E-state index in [1.165, 1.54) is 13.3 Å². The van der Waals surface area contributed by atoms with E-state index in [4.69, 9.17) is 9.16 Å². The highest BCUT2D eigenvalue weighted by molar-refractivity contribution is 6.73. The summed E-state index contributed by atoms with van der Waals surface area (Å²) in [6.45, 7) is 18.7. The van der Waals surface area contributed by atoms with Crippen molar-refractivity contribution in [2.75, 3.05) is 0 Å². The summed E-state index contributed by atoms with van der Waals surface area (Å²) in [6, 6.07) is 3.27. The highest BCUT2D eigenvalue weighted by Gasteiger charge is 2.42.